The highest BCUT2D eigenvalue weighted by atomic mass is 16.5. The number of nitrogens with one attached hydrogen (secondary N) is 1. The van der Waals surface area contributed by atoms with Gasteiger partial charge in [0, 0.05) is 25.7 Å². The maximum Gasteiger partial charge on any atom is 0.248 e. The van der Waals surface area contributed by atoms with Gasteiger partial charge in [0.1, 0.15) is 6.61 Å². The first-order valence-electron chi connectivity index (χ1n) is 5.86. The largest absolute Gasteiger partial charge is 0.372 e. The van der Waals surface area contributed by atoms with Crippen molar-refractivity contribution in [1.29, 1.82) is 0 Å². The molecule has 1 aliphatic rings. The van der Waals surface area contributed by atoms with Crippen molar-refractivity contribution in [2.45, 2.75) is 32.7 Å². The van der Waals surface area contributed by atoms with Gasteiger partial charge in [-0.3, -0.25) is 4.79 Å². The lowest BCUT2D eigenvalue weighted by Crippen LogP contribution is -2.45. The van der Waals surface area contributed by atoms with E-state index >= 15 is 0 Å². The summed E-state index contributed by atoms with van der Waals surface area (Å²) in [5.74, 6) is 0.131. The summed E-state index contributed by atoms with van der Waals surface area (Å²) in [7, 11) is 0. The highest BCUT2D eigenvalue weighted by Crippen LogP contribution is 2.10. The third-order valence-corrected chi connectivity index (χ3v) is 2.77. The lowest BCUT2D eigenvalue weighted by molar-refractivity contribution is -0.137. The summed E-state index contributed by atoms with van der Waals surface area (Å²) in [5, 5.41) is 3.42. The number of carbonyl (C=O) groups excluding carboxylic acids is 1. The molecule has 1 N–H and O–H groups in total. The molecule has 1 heterocycles. The zero-order valence-electron chi connectivity index (χ0n) is 9.79. The van der Waals surface area contributed by atoms with Gasteiger partial charge in [-0.1, -0.05) is 6.92 Å². The molecule has 0 saturated carbocycles. The van der Waals surface area contributed by atoms with E-state index in [-0.39, 0.29) is 12.5 Å². The second-order valence-corrected chi connectivity index (χ2v) is 3.85. The van der Waals surface area contributed by atoms with Crippen LogP contribution >= 0.6 is 0 Å². The average Bonchev–Trinajstić information content (AvgIpc) is 2.27. The van der Waals surface area contributed by atoms with Gasteiger partial charge >= 0.3 is 0 Å². The molecule has 1 fully saturated rings. The number of rotatable bonds is 5. The summed E-state index contributed by atoms with van der Waals surface area (Å²) in [6, 6.07) is 0.589. The van der Waals surface area contributed by atoms with Crippen LogP contribution in [-0.4, -0.2) is 49.7 Å². The number of hydrogen-bond acceptors (Lipinski definition) is 3. The maximum atomic E-state index is 11.6. The molecule has 1 saturated heterocycles. The highest BCUT2D eigenvalue weighted by molar-refractivity contribution is 5.77. The van der Waals surface area contributed by atoms with Gasteiger partial charge in [-0.2, -0.15) is 0 Å². The van der Waals surface area contributed by atoms with Crippen molar-refractivity contribution in [2.75, 3.05) is 32.8 Å². The topological polar surface area (TPSA) is 41.6 Å². The molecule has 1 aliphatic heterocycles. The predicted octanol–water partition coefficient (Wildman–Crippen LogP) is 0.623. The second kappa shape index (κ2) is 6.80. The molecule has 0 unspecified atom stereocenters. The maximum absolute atomic E-state index is 11.6. The Morgan fingerprint density at radius 2 is 2.07 bits per heavy atom. The normalized spacial score (nSPS) is 18.1. The monoisotopic (exact) mass is 214 g/mol. The number of carbonyl (C=O) groups is 1. The van der Waals surface area contributed by atoms with Crippen LogP contribution in [0.1, 0.15) is 26.7 Å². The van der Waals surface area contributed by atoms with Crippen LogP contribution in [0.15, 0.2) is 0 Å². The van der Waals surface area contributed by atoms with Crippen LogP contribution in [0.3, 0.4) is 0 Å². The molecular formula is C11H22N2O2. The van der Waals surface area contributed by atoms with Gasteiger partial charge in [-0.15, -0.1) is 0 Å². The minimum absolute atomic E-state index is 0.131. The Morgan fingerprint density at radius 3 is 2.60 bits per heavy atom. The van der Waals surface area contributed by atoms with E-state index in [4.69, 9.17) is 4.74 Å². The van der Waals surface area contributed by atoms with Gasteiger partial charge in [0.05, 0.1) is 0 Å². The van der Waals surface area contributed by atoms with E-state index in [1.54, 1.807) is 0 Å². The lowest BCUT2D eigenvalue weighted by Gasteiger charge is -2.32. The molecule has 15 heavy (non-hydrogen) atoms. The van der Waals surface area contributed by atoms with E-state index < -0.39 is 0 Å². The fraction of sp³-hybridized carbons (Fsp3) is 0.909. The van der Waals surface area contributed by atoms with E-state index in [1.807, 2.05) is 11.8 Å². The van der Waals surface area contributed by atoms with E-state index in [1.165, 1.54) is 0 Å². The Labute approximate surface area is 92.0 Å². The molecule has 0 aromatic heterocycles. The molecule has 0 aromatic rings. The van der Waals surface area contributed by atoms with Gasteiger partial charge in [0.15, 0.2) is 0 Å². The van der Waals surface area contributed by atoms with Crippen molar-refractivity contribution < 1.29 is 9.53 Å². The molecule has 1 amide bonds. The zero-order valence-corrected chi connectivity index (χ0v) is 9.79. The summed E-state index contributed by atoms with van der Waals surface area (Å²) in [6.07, 6.45) is 2.12. The van der Waals surface area contributed by atoms with E-state index in [2.05, 4.69) is 12.2 Å². The number of likely N-dealkylation sites (tertiary alicyclic amines) is 1. The highest BCUT2D eigenvalue weighted by Gasteiger charge is 2.21. The minimum atomic E-state index is 0.131. The van der Waals surface area contributed by atoms with Gasteiger partial charge < -0.3 is 15.0 Å². The lowest BCUT2D eigenvalue weighted by atomic mass is 10.1. The quantitative estimate of drug-likeness (QED) is 0.729. The molecule has 0 radical (unpaired) electrons. The molecule has 4 heteroatoms. The smallest absolute Gasteiger partial charge is 0.248 e. The second-order valence-electron chi connectivity index (χ2n) is 3.85. The van der Waals surface area contributed by atoms with E-state index in [0.717, 1.165) is 32.5 Å². The molecule has 4 nitrogen and oxygen atoms in total. The minimum Gasteiger partial charge on any atom is -0.372 e. The van der Waals surface area contributed by atoms with Crippen LogP contribution in [0.25, 0.3) is 0 Å². The van der Waals surface area contributed by atoms with Gasteiger partial charge in [0.2, 0.25) is 5.91 Å². The molecule has 88 valence electrons. The fourth-order valence-corrected chi connectivity index (χ4v) is 1.90. The number of ether oxygens (including phenoxy) is 1. The van der Waals surface area contributed by atoms with Gasteiger partial charge in [-0.05, 0) is 26.3 Å². The number of piperidine rings is 1. The Bertz CT molecular complexity index is 189. The summed E-state index contributed by atoms with van der Waals surface area (Å²) in [5.41, 5.74) is 0. The molecule has 0 bridgehead atoms. The first-order valence-corrected chi connectivity index (χ1v) is 5.86. The Morgan fingerprint density at radius 1 is 1.40 bits per heavy atom. The molecule has 1 rings (SSSR count). The van der Waals surface area contributed by atoms with Crippen molar-refractivity contribution in [3.63, 3.8) is 0 Å². The zero-order chi connectivity index (χ0) is 11.1. The summed E-state index contributed by atoms with van der Waals surface area (Å²) >= 11 is 0. The van der Waals surface area contributed by atoms with E-state index in [9.17, 15) is 4.79 Å². The molecule has 0 aromatic carbocycles. The van der Waals surface area contributed by atoms with Crippen molar-refractivity contribution in [1.82, 2.24) is 10.2 Å². The fourth-order valence-electron chi connectivity index (χ4n) is 1.90. The third-order valence-electron chi connectivity index (χ3n) is 2.77. The summed E-state index contributed by atoms with van der Waals surface area (Å²) < 4.78 is 5.12. The predicted molar refractivity (Wildman–Crippen MR) is 59.8 cm³/mol. The Balaban J connectivity index is 2.21. The Kier molecular flexibility index (Phi) is 5.65. The SMILES string of the molecule is CCNC1CCN(C(=O)COCC)CC1. The average molecular weight is 214 g/mol. The van der Waals surface area contributed by atoms with Crippen molar-refractivity contribution >= 4 is 5.91 Å². The van der Waals surface area contributed by atoms with Crippen LogP contribution < -0.4 is 5.32 Å². The molecule has 0 aliphatic carbocycles. The van der Waals surface area contributed by atoms with Crippen LogP contribution in [-0.2, 0) is 9.53 Å². The molecular weight excluding hydrogens is 192 g/mol. The van der Waals surface area contributed by atoms with E-state index in [0.29, 0.717) is 12.6 Å². The Hall–Kier alpha value is -0.610. The number of nitrogens with zero attached hydrogens (tertiary/aromatic N) is 1. The first kappa shape index (κ1) is 12.5. The summed E-state index contributed by atoms with van der Waals surface area (Å²) in [6.45, 7) is 7.62. The molecule has 0 spiro atoms. The van der Waals surface area contributed by atoms with Crippen LogP contribution in [0, 0.1) is 0 Å². The van der Waals surface area contributed by atoms with Crippen LogP contribution in [0.5, 0.6) is 0 Å². The standard InChI is InChI=1S/C11H22N2O2/c1-3-12-10-5-7-13(8-6-10)11(14)9-15-4-2/h10,12H,3-9H2,1-2H3. The van der Waals surface area contributed by atoms with Crippen molar-refractivity contribution in [3.05, 3.63) is 0 Å². The first-order chi connectivity index (χ1) is 7.27. The van der Waals surface area contributed by atoms with Gasteiger partial charge in [0.25, 0.3) is 0 Å². The number of amides is 1. The summed E-state index contributed by atoms with van der Waals surface area (Å²) in [4.78, 5) is 13.5. The van der Waals surface area contributed by atoms with Crippen LogP contribution in [0.4, 0.5) is 0 Å². The third kappa shape index (κ3) is 4.18. The van der Waals surface area contributed by atoms with Gasteiger partial charge in [-0.25, -0.2) is 0 Å². The van der Waals surface area contributed by atoms with Crippen molar-refractivity contribution in [2.24, 2.45) is 0 Å². The number of hydrogen-bond donors (Lipinski definition) is 1. The molecule has 0 atom stereocenters. The van der Waals surface area contributed by atoms with Crippen LogP contribution in [0.2, 0.25) is 0 Å². The van der Waals surface area contributed by atoms with Crippen molar-refractivity contribution in [3.8, 4) is 0 Å².